The van der Waals surface area contributed by atoms with Crippen LogP contribution in [0.15, 0.2) is 162 Å². The standard InChI is InChI=1S/C42H26OS/c1-2-9-27(10-3-1)30-11-8-12-31(23-30)28-17-19-29(20-18-28)33-24-37(42-36-14-4-6-15-38(36)43-39(42)25-33)32-21-22-35-34-13-5-7-16-40(34)44-41(35)26-32/h1-26H. The predicted octanol–water partition coefficient (Wildman–Crippen LogP) is 12.6. The maximum Gasteiger partial charge on any atom is 0.136 e. The van der Waals surface area contributed by atoms with Crippen molar-refractivity contribution in [2.45, 2.75) is 0 Å². The molecule has 2 heteroatoms. The van der Waals surface area contributed by atoms with Crippen molar-refractivity contribution in [3.63, 3.8) is 0 Å². The number of para-hydroxylation sites is 1. The highest BCUT2D eigenvalue weighted by molar-refractivity contribution is 7.25. The fourth-order valence-corrected chi connectivity index (χ4v) is 7.65. The molecule has 0 aliphatic rings. The van der Waals surface area contributed by atoms with Gasteiger partial charge in [0.05, 0.1) is 0 Å². The lowest BCUT2D eigenvalue weighted by Crippen LogP contribution is -1.85. The van der Waals surface area contributed by atoms with Crippen LogP contribution in [0.1, 0.15) is 0 Å². The van der Waals surface area contributed by atoms with Gasteiger partial charge in [-0.2, -0.15) is 0 Å². The fourth-order valence-electron chi connectivity index (χ4n) is 6.51. The monoisotopic (exact) mass is 578 g/mol. The van der Waals surface area contributed by atoms with E-state index in [1.54, 1.807) is 0 Å². The lowest BCUT2D eigenvalue weighted by atomic mass is 9.93. The van der Waals surface area contributed by atoms with E-state index in [1.807, 2.05) is 17.4 Å². The number of hydrogen-bond acceptors (Lipinski definition) is 2. The van der Waals surface area contributed by atoms with Gasteiger partial charge in [-0.15, -0.1) is 11.3 Å². The Morgan fingerprint density at radius 1 is 0.341 bits per heavy atom. The normalized spacial score (nSPS) is 11.6. The average molecular weight is 579 g/mol. The van der Waals surface area contributed by atoms with Gasteiger partial charge in [-0.3, -0.25) is 0 Å². The molecule has 206 valence electrons. The number of furan rings is 1. The molecule has 0 bridgehead atoms. The molecule has 7 aromatic carbocycles. The van der Waals surface area contributed by atoms with Crippen molar-refractivity contribution in [1.29, 1.82) is 0 Å². The van der Waals surface area contributed by atoms with Gasteiger partial charge in [0, 0.05) is 30.9 Å². The van der Waals surface area contributed by atoms with Crippen molar-refractivity contribution in [3.05, 3.63) is 158 Å². The van der Waals surface area contributed by atoms with E-state index in [0.717, 1.165) is 22.1 Å². The van der Waals surface area contributed by atoms with Gasteiger partial charge in [0.15, 0.2) is 0 Å². The van der Waals surface area contributed by atoms with Crippen LogP contribution in [0.25, 0.3) is 86.6 Å². The number of thiophene rings is 1. The molecular weight excluding hydrogens is 553 g/mol. The van der Waals surface area contributed by atoms with Crippen LogP contribution >= 0.6 is 11.3 Å². The third kappa shape index (κ3) is 4.15. The quantitative estimate of drug-likeness (QED) is 0.202. The number of fused-ring (bicyclic) bond motifs is 6. The Balaban J connectivity index is 1.17. The average Bonchev–Trinajstić information content (AvgIpc) is 3.66. The van der Waals surface area contributed by atoms with Crippen molar-refractivity contribution >= 4 is 53.4 Å². The molecule has 0 aliphatic carbocycles. The van der Waals surface area contributed by atoms with E-state index in [0.29, 0.717) is 0 Å². The molecule has 0 saturated carbocycles. The zero-order valence-corrected chi connectivity index (χ0v) is 24.6. The fraction of sp³-hybridized carbons (Fsp3) is 0. The van der Waals surface area contributed by atoms with E-state index < -0.39 is 0 Å². The van der Waals surface area contributed by atoms with Crippen LogP contribution in [0.3, 0.4) is 0 Å². The molecule has 9 rings (SSSR count). The molecule has 0 unspecified atom stereocenters. The maximum atomic E-state index is 6.46. The smallest absolute Gasteiger partial charge is 0.136 e. The summed E-state index contributed by atoms with van der Waals surface area (Å²) in [5.74, 6) is 0. The van der Waals surface area contributed by atoms with Gasteiger partial charge in [0.2, 0.25) is 0 Å². The lowest BCUT2D eigenvalue weighted by molar-refractivity contribution is 0.669. The molecular formula is C42H26OS. The SMILES string of the molecule is c1ccc(-c2cccc(-c3ccc(-c4cc(-c5ccc6c(c5)sc5ccccc56)c5c(c4)oc4ccccc45)cc3)c2)cc1. The van der Waals surface area contributed by atoms with Crippen LogP contribution in [-0.2, 0) is 0 Å². The Morgan fingerprint density at radius 2 is 0.955 bits per heavy atom. The van der Waals surface area contributed by atoms with E-state index in [-0.39, 0.29) is 0 Å². The van der Waals surface area contributed by atoms with Crippen LogP contribution in [0.2, 0.25) is 0 Å². The second-order valence-electron chi connectivity index (χ2n) is 11.3. The van der Waals surface area contributed by atoms with Gasteiger partial charge in [-0.1, -0.05) is 121 Å². The summed E-state index contributed by atoms with van der Waals surface area (Å²) in [5, 5.41) is 4.94. The summed E-state index contributed by atoms with van der Waals surface area (Å²) < 4.78 is 9.09. The van der Waals surface area contributed by atoms with Crippen LogP contribution in [-0.4, -0.2) is 0 Å². The molecule has 0 radical (unpaired) electrons. The van der Waals surface area contributed by atoms with Gasteiger partial charge in [-0.25, -0.2) is 0 Å². The second kappa shape index (κ2) is 10.1. The summed E-state index contributed by atoms with van der Waals surface area (Å²) in [7, 11) is 0. The topological polar surface area (TPSA) is 13.1 Å². The Hall–Kier alpha value is -5.44. The maximum absolute atomic E-state index is 6.46. The molecule has 1 nitrogen and oxygen atoms in total. The van der Waals surface area contributed by atoms with Crippen molar-refractivity contribution < 1.29 is 4.42 Å². The van der Waals surface area contributed by atoms with E-state index in [4.69, 9.17) is 4.42 Å². The molecule has 0 atom stereocenters. The van der Waals surface area contributed by atoms with E-state index >= 15 is 0 Å². The summed E-state index contributed by atoms with van der Waals surface area (Å²) in [4.78, 5) is 0. The van der Waals surface area contributed by atoms with E-state index in [1.165, 1.54) is 64.5 Å². The molecule has 2 aromatic heterocycles. The Bertz CT molecular complexity index is 2480. The largest absolute Gasteiger partial charge is 0.456 e. The summed E-state index contributed by atoms with van der Waals surface area (Å²) in [6.07, 6.45) is 0. The minimum Gasteiger partial charge on any atom is -0.456 e. The third-order valence-electron chi connectivity index (χ3n) is 8.69. The second-order valence-corrected chi connectivity index (χ2v) is 12.4. The van der Waals surface area contributed by atoms with Crippen molar-refractivity contribution in [3.8, 4) is 44.5 Å². The first-order chi connectivity index (χ1) is 21.8. The van der Waals surface area contributed by atoms with Crippen LogP contribution in [0.4, 0.5) is 0 Å². The van der Waals surface area contributed by atoms with E-state index in [2.05, 4.69) is 152 Å². The number of hydrogen-bond donors (Lipinski definition) is 0. The molecule has 0 amide bonds. The predicted molar refractivity (Wildman–Crippen MR) is 188 cm³/mol. The van der Waals surface area contributed by atoms with Crippen molar-refractivity contribution in [2.75, 3.05) is 0 Å². The molecule has 9 aromatic rings. The Labute approximate surface area is 259 Å². The van der Waals surface area contributed by atoms with Crippen molar-refractivity contribution in [1.82, 2.24) is 0 Å². The summed E-state index contributed by atoms with van der Waals surface area (Å²) >= 11 is 1.86. The lowest BCUT2D eigenvalue weighted by Gasteiger charge is -2.11. The van der Waals surface area contributed by atoms with Crippen LogP contribution < -0.4 is 0 Å². The van der Waals surface area contributed by atoms with Gasteiger partial charge >= 0.3 is 0 Å². The van der Waals surface area contributed by atoms with Crippen LogP contribution in [0, 0.1) is 0 Å². The highest BCUT2D eigenvalue weighted by Gasteiger charge is 2.16. The number of rotatable bonds is 4. The summed E-state index contributed by atoms with van der Waals surface area (Å²) in [5.41, 5.74) is 11.4. The first-order valence-electron chi connectivity index (χ1n) is 14.9. The van der Waals surface area contributed by atoms with Gasteiger partial charge < -0.3 is 4.42 Å². The third-order valence-corrected chi connectivity index (χ3v) is 9.82. The molecule has 0 aliphatic heterocycles. The molecule has 2 heterocycles. The molecule has 0 fully saturated rings. The molecule has 44 heavy (non-hydrogen) atoms. The van der Waals surface area contributed by atoms with E-state index in [9.17, 15) is 0 Å². The molecule has 0 spiro atoms. The minimum absolute atomic E-state index is 0.912. The van der Waals surface area contributed by atoms with Crippen LogP contribution in [0.5, 0.6) is 0 Å². The summed E-state index contributed by atoms with van der Waals surface area (Å²) in [6, 6.07) is 56.7. The highest BCUT2D eigenvalue weighted by Crippen LogP contribution is 2.43. The van der Waals surface area contributed by atoms with Gasteiger partial charge in [0.1, 0.15) is 11.2 Å². The first-order valence-corrected chi connectivity index (χ1v) is 15.7. The highest BCUT2D eigenvalue weighted by atomic mass is 32.1. The molecule has 0 N–H and O–H groups in total. The van der Waals surface area contributed by atoms with Gasteiger partial charge in [0.25, 0.3) is 0 Å². The van der Waals surface area contributed by atoms with Gasteiger partial charge in [-0.05, 0) is 80.9 Å². The zero-order valence-electron chi connectivity index (χ0n) is 23.8. The first kappa shape index (κ1) is 25.1. The Kier molecular flexibility index (Phi) is 5.75. The zero-order chi connectivity index (χ0) is 29.0. The summed E-state index contributed by atoms with van der Waals surface area (Å²) in [6.45, 7) is 0. The van der Waals surface area contributed by atoms with Crippen molar-refractivity contribution in [2.24, 2.45) is 0 Å². The molecule has 0 saturated heterocycles. The Morgan fingerprint density at radius 3 is 1.77 bits per heavy atom. The minimum atomic E-state index is 0.912. The number of benzene rings is 7.